The van der Waals surface area contributed by atoms with Gasteiger partial charge in [0.15, 0.2) is 5.69 Å². The van der Waals surface area contributed by atoms with Crippen molar-refractivity contribution in [2.45, 2.75) is 57.7 Å². The molecule has 1 N–H and O–H groups in total. The number of methoxy groups -OCH3 is 1. The average molecular weight is 441 g/mol. The third-order valence-electron chi connectivity index (χ3n) is 6.13. The van der Waals surface area contributed by atoms with Crippen molar-refractivity contribution in [3.8, 4) is 5.75 Å². The number of rotatable bonds is 6. The van der Waals surface area contributed by atoms with Crippen LogP contribution in [-0.4, -0.2) is 52.9 Å². The fourth-order valence-corrected chi connectivity index (χ4v) is 4.45. The molecule has 32 heavy (non-hydrogen) atoms. The Balaban J connectivity index is 1.77. The molecule has 2 aliphatic rings. The van der Waals surface area contributed by atoms with Crippen LogP contribution in [0.15, 0.2) is 30.3 Å². The maximum absolute atomic E-state index is 13.7. The summed E-state index contributed by atoms with van der Waals surface area (Å²) in [5.41, 5.74) is -0.455. The van der Waals surface area contributed by atoms with Crippen LogP contribution < -0.4 is 15.0 Å². The summed E-state index contributed by atoms with van der Waals surface area (Å²) in [6.07, 6.45) is 4.00. The van der Waals surface area contributed by atoms with Gasteiger partial charge >= 0.3 is 5.97 Å². The van der Waals surface area contributed by atoms with Crippen LogP contribution >= 0.6 is 0 Å². The van der Waals surface area contributed by atoms with Gasteiger partial charge in [-0.3, -0.25) is 19.2 Å². The Hall–Kier alpha value is -3.36. The number of esters is 1. The van der Waals surface area contributed by atoms with Crippen molar-refractivity contribution in [3.05, 3.63) is 41.7 Å². The Morgan fingerprint density at radius 1 is 1.25 bits per heavy atom. The monoisotopic (exact) mass is 440 g/mol. The molecule has 1 fully saturated rings. The first kappa shape index (κ1) is 21.9. The summed E-state index contributed by atoms with van der Waals surface area (Å²) in [5.74, 6) is -0.705. The zero-order valence-corrected chi connectivity index (χ0v) is 18.6. The lowest BCUT2D eigenvalue weighted by atomic mass is 9.93. The van der Waals surface area contributed by atoms with E-state index in [-0.39, 0.29) is 36.5 Å². The van der Waals surface area contributed by atoms with E-state index < -0.39 is 17.4 Å². The Morgan fingerprint density at radius 2 is 2.00 bits per heavy atom. The van der Waals surface area contributed by atoms with Gasteiger partial charge in [0, 0.05) is 23.9 Å². The van der Waals surface area contributed by atoms with Crippen molar-refractivity contribution in [1.82, 2.24) is 15.1 Å². The summed E-state index contributed by atoms with van der Waals surface area (Å²) in [7, 11) is 1.55. The van der Waals surface area contributed by atoms with Crippen LogP contribution in [0.5, 0.6) is 5.75 Å². The number of amides is 2. The van der Waals surface area contributed by atoms with Gasteiger partial charge in [0.25, 0.3) is 5.91 Å². The first-order valence-corrected chi connectivity index (χ1v) is 10.9. The van der Waals surface area contributed by atoms with E-state index in [2.05, 4.69) is 10.4 Å². The molecule has 0 radical (unpaired) electrons. The number of nitrogens with one attached hydrogen (secondary N) is 1. The Kier molecular flexibility index (Phi) is 5.90. The van der Waals surface area contributed by atoms with Crippen LogP contribution in [-0.2, 0) is 16.1 Å². The van der Waals surface area contributed by atoms with E-state index in [0.29, 0.717) is 11.4 Å². The molecule has 1 saturated carbocycles. The molecule has 9 nitrogen and oxygen atoms in total. The number of ether oxygens (including phenoxy) is 2. The van der Waals surface area contributed by atoms with E-state index in [0.717, 1.165) is 25.7 Å². The average Bonchev–Trinajstić information content (AvgIpc) is 3.44. The third-order valence-corrected chi connectivity index (χ3v) is 6.13. The molecule has 170 valence electrons. The molecule has 1 aromatic heterocycles. The van der Waals surface area contributed by atoms with Gasteiger partial charge in [0.1, 0.15) is 17.0 Å². The molecule has 1 atom stereocenters. The van der Waals surface area contributed by atoms with Crippen LogP contribution in [0.4, 0.5) is 5.69 Å². The van der Waals surface area contributed by atoms with Crippen LogP contribution in [0.2, 0.25) is 0 Å². The van der Waals surface area contributed by atoms with Crippen LogP contribution in [0.1, 0.15) is 60.5 Å². The topological polar surface area (TPSA) is 103 Å². The highest BCUT2D eigenvalue weighted by Crippen LogP contribution is 2.35. The van der Waals surface area contributed by atoms with Gasteiger partial charge in [-0.25, -0.2) is 4.79 Å². The standard InChI is InChI=1S/C23H28N4O5/c1-4-32-21(29)18-13-19-20(28)27(16-10-7-11-17(12-16)31-3)23(2,14-26(19)25-18)22(30)24-15-8-5-6-9-15/h7,10-13,15H,4-6,8-9,14H2,1-3H3,(H,24,30)/t23-/m0/s1. The summed E-state index contributed by atoms with van der Waals surface area (Å²) in [6, 6.07) is 8.54. The quantitative estimate of drug-likeness (QED) is 0.693. The normalized spacial score (nSPS) is 20.7. The van der Waals surface area contributed by atoms with Crippen molar-refractivity contribution in [1.29, 1.82) is 0 Å². The maximum atomic E-state index is 13.7. The van der Waals surface area contributed by atoms with Crippen molar-refractivity contribution in [2.24, 2.45) is 0 Å². The number of carbonyl (C=O) groups excluding carboxylic acids is 3. The predicted octanol–water partition coefficient (Wildman–Crippen LogP) is 2.55. The fourth-order valence-electron chi connectivity index (χ4n) is 4.45. The minimum atomic E-state index is -1.25. The molecular formula is C23H28N4O5. The fraction of sp³-hybridized carbons (Fsp3) is 0.478. The van der Waals surface area contributed by atoms with E-state index in [4.69, 9.17) is 9.47 Å². The van der Waals surface area contributed by atoms with E-state index in [1.165, 1.54) is 15.6 Å². The van der Waals surface area contributed by atoms with Gasteiger partial charge in [-0.2, -0.15) is 5.10 Å². The summed E-state index contributed by atoms with van der Waals surface area (Å²) < 4.78 is 11.8. The summed E-state index contributed by atoms with van der Waals surface area (Å²) >= 11 is 0. The van der Waals surface area contributed by atoms with Gasteiger partial charge in [0.05, 0.1) is 20.3 Å². The van der Waals surface area contributed by atoms with Crippen molar-refractivity contribution < 1.29 is 23.9 Å². The zero-order chi connectivity index (χ0) is 22.9. The Labute approximate surface area is 186 Å². The zero-order valence-electron chi connectivity index (χ0n) is 18.6. The van der Waals surface area contributed by atoms with Gasteiger partial charge in [-0.05, 0) is 38.8 Å². The molecule has 2 aromatic rings. The van der Waals surface area contributed by atoms with E-state index in [1.807, 2.05) is 0 Å². The molecule has 2 amide bonds. The highest BCUT2D eigenvalue weighted by molar-refractivity contribution is 6.12. The molecule has 9 heteroatoms. The highest BCUT2D eigenvalue weighted by Gasteiger charge is 2.49. The number of aromatic nitrogens is 2. The largest absolute Gasteiger partial charge is 0.497 e. The summed E-state index contributed by atoms with van der Waals surface area (Å²) in [5, 5.41) is 7.40. The number of nitrogens with zero attached hydrogens (tertiary/aromatic N) is 3. The number of anilines is 1. The van der Waals surface area contributed by atoms with Gasteiger partial charge in [0.2, 0.25) is 5.91 Å². The van der Waals surface area contributed by atoms with Crippen LogP contribution in [0, 0.1) is 0 Å². The SMILES string of the molecule is CCOC(=O)c1cc2n(n1)C[C@@](C)(C(=O)NC1CCCC1)N(c1cccc(OC)c1)C2=O. The molecule has 1 aliphatic heterocycles. The number of carbonyl (C=O) groups is 3. The van der Waals surface area contributed by atoms with E-state index >= 15 is 0 Å². The predicted molar refractivity (Wildman–Crippen MR) is 117 cm³/mol. The lowest BCUT2D eigenvalue weighted by molar-refractivity contribution is -0.127. The molecular weight excluding hydrogens is 412 g/mol. The van der Waals surface area contributed by atoms with E-state index in [9.17, 15) is 14.4 Å². The minimum Gasteiger partial charge on any atom is -0.497 e. The van der Waals surface area contributed by atoms with Gasteiger partial charge in [-0.1, -0.05) is 18.9 Å². The molecule has 4 rings (SSSR count). The van der Waals surface area contributed by atoms with Crippen LogP contribution in [0.25, 0.3) is 0 Å². The van der Waals surface area contributed by atoms with Crippen molar-refractivity contribution >= 4 is 23.5 Å². The summed E-state index contributed by atoms with van der Waals surface area (Å²) in [4.78, 5) is 40.9. The second-order valence-electron chi connectivity index (χ2n) is 8.36. The molecule has 0 bridgehead atoms. The first-order valence-electron chi connectivity index (χ1n) is 10.9. The molecule has 0 spiro atoms. The van der Waals surface area contributed by atoms with E-state index in [1.54, 1.807) is 45.2 Å². The molecule has 0 saturated heterocycles. The minimum absolute atomic E-state index is 0.0428. The number of hydrogen-bond donors (Lipinski definition) is 1. The van der Waals surface area contributed by atoms with Crippen LogP contribution in [0.3, 0.4) is 0 Å². The maximum Gasteiger partial charge on any atom is 0.358 e. The smallest absolute Gasteiger partial charge is 0.358 e. The first-order chi connectivity index (χ1) is 15.4. The highest BCUT2D eigenvalue weighted by atomic mass is 16.5. The third kappa shape index (κ3) is 3.83. The molecule has 2 heterocycles. The van der Waals surface area contributed by atoms with Gasteiger partial charge in [-0.15, -0.1) is 0 Å². The molecule has 1 aliphatic carbocycles. The second kappa shape index (κ2) is 8.64. The Bertz CT molecular complexity index is 1040. The molecule has 1 aromatic carbocycles. The number of benzene rings is 1. The number of hydrogen-bond acceptors (Lipinski definition) is 6. The summed E-state index contributed by atoms with van der Waals surface area (Å²) in [6.45, 7) is 3.73. The number of fused-ring (bicyclic) bond motifs is 1. The van der Waals surface area contributed by atoms with Crippen molar-refractivity contribution in [3.63, 3.8) is 0 Å². The molecule has 0 unspecified atom stereocenters. The lowest BCUT2D eigenvalue weighted by Crippen LogP contribution is -2.65. The van der Waals surface area contributed by atoms with Gasteiger partial charge < -0.3 is 14.8 Å². The lowest BCUT2D eigenvalue weighted by Gasteiger charge is -2.43. The Morgan fingerprint density at radius 3 is 2.69 bits per heavy atom. The second-order valence-corrected chi connectivity index (χ2v) is 8.36. The van der Waals surface area contributed by atoms with Crippen molar-refractivity contribution in [2.75, 3.05) is 18.6 Å².